The van der Waals surface area contributed by atoms with E-state index in [-0.39, 0.29) is 17.8 Å². The van der Waals surface area contributed by atoms with Crippen molar-refractivity contribution in [3.05, 3.63) is 60.8 Å². The van der Waals surface area contributed by atoms with Gasteiger partial charge in [0.1, 0.15) is 0 Å². The summed E-state index contributed by atoms with van der Waals surface area (Å²) >= 11 is 0. The van der Waals surface area contributed by atoms with Gasteiger partial charge in [-0.25, -0.2) is 9.97 Å². The topological polar surface area (TPSA) is 96.5 Å². The van der Waals surface area contributed by atoms with Gasteiger partial charge in [-0.1, -0.05) is 12.1 Å². The molecule has 2 aromatic carbocycles. The van der Waals surface area contributed by atoms with Gasteiger partial charge in [0.25, 0.3) is 0 Å². The van der Waals surface area contributed by atoms with E-state index >= 15 is 0 Å². The van der Waals surface area contributed by atoms with E-state index in [4.69, 9.17) is 4.74 Å². The molecule has 1 fully saturated rings. The van der Waals surface area contributed by atoms with Gasteiger partial charge in [0.2, 0.25) is 11.9 Å². The number of esters is 1. The first-order valence-corrected chi connectivity index (χ1v) is 11.5. The van der Waals surface area contributed by atoms with Crippen molar-refractivity contribution in [3.8, 4) is 11.3 Å². The molecule has 8 nitrogen and oxygen atoms in total. The number of carbonyl (C=O) groups is 2. The largest absolute Gasteiger partial charge is 0.466 e. The summed E-state index contributed by atoms with van der Waals surface area (Å²) in [6.45, 7) is 5.43. The summed E-state index contributed by atoms with van der Waals surface area (Å²) in [4.78, 5) is 34.4. The Morgan fingerprint density at radius 2 is 1.68 bits per heavy atom. The molecule has 34 heavy (non-hydrogen) atoms. The number of ether oxygens (including phenoxy) is 1. The quantitative estimate of drug-likeness (QED) is 0.498. The van der Waals surface area contributed by atoms with Crippen molar-refractivity contribution in [2.45, 2.75) is 26.7 Å². The first kappa shape index (κ1) is 23.2. The van der Waals surface area contributed by atoms with Crippen molar-refractivity contribution in [2.75, 3.05) is 35.2 Å². The second-order valence-corrected chi connectivity index (χ2v) is 8.21. The summed E-state index contributed by atoms with van der Waals surface area (Å²) in [5.74, 6) is 0.329. The molecular weight excluding hydrogens is 430 g/mol. The lowest BCUT2D eigenvalue weighted by molar-refractivity contribution is -0.148. The SMILES string of the molecule is CCOC(=O)C1CCN(c2ccc(Nc3nccc(-c4ccc(NC(C)=O)cc4)n3)cc2)CC1. The zero-order valence-electron chi connectivity index (χ0n) is 19.5. The molecule has 3 aromatic rings. The molecule has 1 aliphatic rings. The molecule has 1 aliphatic heterocycles. The summed E-state index contributed by atoms with van der Waals surface area (Å²) in [5.41, 5.74) is 4.48. The molecule has 0 radical (unpaired) electrons. The number of benzene rings is 2. The van der Waals surface area contributed by atoms with Crippen LogP contribution in [0.4, 0.5) is 23.0 Å². The van der Waals surface area contributed by atoms with Crippen LogP contribution in [0.2, 0.25) is 0 Å². The number of aromatic nitrogens is 2. The molecule has 0 unspecified atom stereocenters. The number of carbonyl (C=O) groups excluding carboxylic acids is 2. The van der Waals surface area contributed by atoms with E-state index in [1.165, 1.54) is 6.92 Å². The number of nitrogens with zero attached hydrogens (tertiary/aromatic N) is 3. The van der Waals surface area contributed by atoms with Crippen molar-refractivity contribution in [1.82, 2.24) is 9.97 Å². The Morgan fingerprint density at radius 3 is 2.32 bits per heavy atom. The Kier molecular flexibility index (Phi) is 7.37. The highest BCUT2D eigenvalue weighted by Crippen LogP contribution is 2.26. The second kappa shape index (κ2) is 10.8. The van der Waals surface area contributed by atoms with E-state index < -0.39 is 0 Å². The van der Waals surface area contributed by atoms with Gasteiger partial charge in [-0.2, -0.15) is 0 Å². The third-order valence-electron chi connectivity index (χ3n) is 5.76. The molecule has 2 N–H and O–H groups in total. The zero-order valence-corrected chi connectivity index (χ0v) is 19.5. The van der Waals surface area contributed by atoms with Crippen LogP contribution in [0.3, 0.4) is 0 Å². The van der Waals surface area contributed by atoms with Gasteiger partial charge in [-0.3, -0.25) is 9.59 Å². The smallest absolute Gasteiger partial charge is 0.309 e. The Labute approximate surface area is 199 Å². The van der Waals surface area contributed by atoms with Crippen LogP contribution in [0.15, 0.2) is 60.8 Å². The molecule has 0 bridgehead atoms. The maximum absolute atomic E-state index is 12.0. The fourth-order valence-corrected chi connectivity index (χ4v) is 4.03. The predicted molar refractivity (Wildman–Crippen MR) is 133 cm³/mol. The number of anilines is 4. The summed E-state index contributed by atoms with van der Waals surface area (Å²) in [6, 6.07) is 17.5. The summed E-state index contributed by atoms with van der Waals surface area (Å²) < 4.78 is 5.16. The third kappa shape index (κ3) is 5.89. The van der Waals surface area contributed by atoms with Crippen LogP contribution < -0.4 is 15.5 Å². The van der Waals surface area contributed by atoms with E-state index in [1.807, 2.05) is 49.4 Å². The Bertz CT molecular complexity index is 1120. The molecular formula is C26H29N5O3. The maximum Gasteiger partial charge on any atom is 0.309 e. The minimum Gasteiger partial charge on any atom is -0.466 e. The highest BCUT2D eigenvalue weighted by atomic mass is 16.5. The molecule has 1 aromatic heterocycles. The van der Waals surface area contributed by atoms with Gasteiger partial charge in [0.05, 0.1) is 18.2 Å². The maximum atomic E-state index is 12.0. The van der Waals surface area contributed by atoms with Crippen LogP contribution in [-0.2, 0) is 14.3 Å². The van der Waals surface area contributed by atoms with Crippen LogP contribution in [0.1, 0.15) is 26.7 Å². The average molecular weight is 460 g/mol. The van der Waals surface area contributed by atoms with Crippen LogP contribution in [0, 0.1) is 5.92 Å². The first-order chi connectivity index (χ1) is 16.5. The molecule has 1 saturated heterocycles. The van der Waals surface area contributed by atoms with Crippen molar-refractivity contribution in [2.24, 2.45) is 5.92 Å². The number of amides is 1. The fourth-order valence-electron chi connectivity index (χ4n) is 4.03. The van der Waals surface area contributed by atoms with Crippen LogP contribution >= 0.6 is 0 Å². The Morgan fingerprint density at radius 1 is 1.00 bits per heavy atom. The van der Waals surface area contributed by atoms with Crippen molar-refractivity contribution in [1.29, 1.82) is 0 Å². The van der Waals surface area contributed by atoms with Crippen molar-refractivity contribution in [3.63, 3.8) is 0 Å². The van der Waals surface area contributed by atoms with Gasteiger partial charge >= 0.3 is 5.97 Å². The molecule has 1 amide bonds. The van der Waals surface area contributed by atoms with Gasteiger partial charge in [0.15, 0.2) is 0 Å². The third-order valence-corrected chi connectivity index (χ3v) is 5.76. The first-order valence-electron chi connectivity index (χ1n) is 11.5. The normalized spacial score (nSPS) is 13.9. The molecule has 0 spiro atoms. The molecule has 176 valence electrons. The summed E-state index contributed by atoms with van der Waals surface area (Å²) in [5, 5.41) is 6.02. The summed E-state index contributed by atoms with van der Waals surface area (Å²) in [6.07, 6.45) is 3.34. The Balaban J connectivity index is 1.37. The van der Waals surface area contributed by atoms with Crippen LogP contribution in [0.25, 0.3) is 11.3 Å². The average Bonchev–Trinajstić information content (AvgIpc) is 2.85. The standard InChI is InChI=1S/C26H29N5O3/c1-3-34-25(33)20-13-16-31(17-14-20)23-10-8-22(9-11-23)29-26-27-15-12-24(30-26)19-4-6-21(7-5-19)28-18(2)32/h4-12,15,20H,3,13-14,16-17H2,1-2H3,(H,28,32)(H,27,29,30). The molecule has 0 saturated carbocycles. The minimum absolute atomic E-state index is 0.00293. The number of rotatable bonds is 7. The van der Waals surface area contributed by atoms with E-state index in [0.717, 1.165) is 54.3 Å². The predicted octanol–water partition coefficient (Wildman–Crippen LogP) is 4.63. The molecule has 0 atom stereocenters. The van der Waals surface area contributed by atoms with E-state index in [2.05, 4.69) is 37.6 Å². The number of hydrogen-bond donors (Lipinski definition) is 2. The number of nitrogens with one attached hydrogen (secondary N) is 2. The van der Waals surface area contributed by atoms with Crippen molar-refractivity contribution >= 4 is 34.9 Å². The fraction of sp³-hybridized carbons (Fsp3) is 0.308. The van der Waals surface area contributed by atoms with Crippen LogP contribution in [0.5, 0.6) is 0 Å². The van der Waals surface area contributed by atoms with Crippen LogP contribution in [-0.4, -0.2) is 41.5 Å². The number of hydrogen-bond acceptors (Lipinski definition) is 7. The Hall–Kier alpha value is -3.94. The summed E-state index contributed by atoms with van der Waals surface area (Å²) in [7, 11) is 0. The van der Waals surface area contributed by atoms with E-state index in [1.54, 1.807) is 6.20 Å². The highest BCUT2D eigenvalue weighted by Gasteiger charge is 2.26. The van der Waals surface area contributed by atoms with Gasteiger partial charge in [-0.15, -0.1) is 0 Å². The lowest BCUT2D eigenvalue weighted by Gasteiger charge is -2.32. The lowest BCUT2D eigenvalue weighted by Crippen LogP contribution is -2.36. The minimum atomic E-state index is -0.103. The molecule has 2 heterocycles. The lowest BCUT2D eigenvalue weighted by atomic mass is 9.96. The van der Waals surface area contributed by atoms with E-state index in [0.29, 0.717) is 12.6 Å². The highest BCUT2D eigenvalue weighted by molar-refractivity contribution is 5.88. The van der Waals surface area contributed by atoms with E-state index in [9.17, 15) is 9.59 Å². The monoisotopic (exact) mass is 459 g/mol. The second-order valence-electron chi connectivity index (χ2n) is 8.21. The molecule has 0 aliphatic carbocycles. The van der Waals surface area contributed by atoms with Gasteiger partial charge in [0, 0.05) is 48.8 Å². The number of piperidine rings is 1. The zero-order chi connectivity index (χ0) is 23.9. The molecule has 8 heteroatoms. The molecule has 4 rings (SSSR count). The van der Waals surface area contributed by atoms with Gasteiger partial charge < -0.3 is 20.3 Å². The van der Waals surface area contributed by atoms with Gasteiger partial charge in [-0.05, 0) is 62.2 Å². The van der Waals surface area contributed by atoms with Crippen molar-refractivity contribution < 1.29 is 14.3 Å².